The summed E-state index contributed by atoms with van der Waals surface area (Å²) in [6, 6.07) is 11.9. The molecule has 0 radical (unpaired) electrons. The number of aryl methyl sites for hydroxylation is 1. The molecule has 1 aromatic carbocycles. The second kappa shape index (κ2) is 5.19. The number of para-hydroxylation sites is 2. The zero-order valence-electron chi connectivity index (χ0n) is 13.2. The van der Waals surface area contributed by atoms with Gasteiger partial charge in [0.15, 0.2) is 0 Å². The van der Waals surface area contributed by atoms with Gasteiger partial charge in [-0.05, 0) is 36.1 Å². The van der Waals surface area contributed by atoms with Crippen LogP contribution in [0.5, 0.6) is 0 Å². The largest absolute Gasteiger partial charge is 0.313 e. The molecule has 5 nitrogen and oxygen atoms in total. The van der Waals surface area contributed by atoms with Crippen LogP contribution >= 0.6 is 0 Å². The van der Waals surface area contributed by atoms with Gasteiger partial charge in [0.1, 0.15) is 0 Å². The maximum absolute atomic E-state index is 12.8. The Morgan fingerprint density at radius 1 is 1.26 bits per heavy atom. The van der Waals surface area contributed by atoms with Gasteiger partial charge in [-0.1, -0.05) is 18.2 Å². The van der Waals surface area contributed by atoms with E-state index < -0.39 is 0 Å². The second-order valence-electron chi connectivity index (χ2n) is 6.09. The number of carbonyl (C=O) groups is 1. The third-order valence-corrected chi connectivity index (χ3v) is 4.61. The van der Waals surface area contributed by atoms with Crippen LogP contribution in [0.3, 0.4) is 0 Å². The highest BCUT2D eigenvalue weighted by Crippen LogP contribution is 2.48. The number of carbonyl (C=O) groups excluding carboxylic acids is 1. The molecule has 1 saturated carbocycles. The van der Waals surface area contributed by atoms with Crippen molar-refractivity contribution in [1.82, 2.24) is 14.5 Å². The molecule has 0 unspecified atom stereocenters. The lowest BCUT2D eigenvalue weighted by molar-refractivity contribution is -0.119. The maximum Gasteiger partial charge on any atom is 0.232 e. The number of nitrogens with zero attached hydrogens (tertiary/aromatic N) is 4. The number of pyridine rings is 1. The summed E-state index contributed by atoms with van der Waals surface area (Å²) in [6.07, 6.45) is 4.50. The Bertz CT molecular complexity index is 871. The van der Waals surface area contributed by atoms with Gasteiger partial charge in [-0.2, -0.15) is 0 Å². The smallest absolute Gasteiger partial charge is 0.232 e. The maximum atomic E-state index is 12.8. The molecule has 3 aromatic rings. The van der Waals surface area contributed by atoms with Crippen molar-refractivity contribution in [2.45, 2.75) is 12.3 Å². The summed E-state index contributed by atoms with van der Waals surface area (Å²) in [5, 5.41) is 0. The lowest BCUT2D eigenvalue weighted by Gasteiger charge is -2.16. The Kier molecular flexibility index (Phi) is 3.15. The van der Waals surface area contributed by atoms with E-state index in [9.17, 15) is 4.79 Å². The molecule has 23 heavy (non-hydrogen) atoms. The molecule has 1 fully saturated rings. The van der Waals surface area contributed by atoms with E-state index in [1.54, 1.807) is 11.1 Å². The van der Waals surface area contributed by atoms with Crippen molar-refractivity contribution in [1.29, 1.82) is 0 Å². The van der Waals surface area contributed by atoms with Crippen LogP contribution in [0.1, 0.15) is 17.9 Å². The van der Waals surface area contributed by atoms with Crippen molar-refractivity contribution in [3.63, 3.8) is 0 Å². The van der Waals surface area contributed by atoms with Gasteiger partial charge in [-0.15, -0.1) is 0 Å². The van der Waals surface area contributed by atoms with Gasteiger partial charge in [-0.25, -0.2) is 4.98 Å². The summed E-state index contributed by atoms with van der Waals surface area (Å²) >= 11 is 0. The zero-order chi connectivity index (χ0) is 16.0. The number of imidazole rings is 1. The molecule has 4 rings (SSSR count). The van der Waals surface area contributed by atoms with Crippen molar-refractivity contribution in [3.05, 3.63) is 54.4 Å². The molecule has 0 N–H and O–H groups in total. The highest BCUT2D eigenvalue weighted by molar-refractivity contribution is 5.97. The number of aromatic nitrogens is 3. The number of anilines is 1. The first-order chi connectivity index (χ1) is 11.2. The fourth-order valence-electron chi connectivity index (χ4n) is 3.21. The van der Waals surface area contributed by atoms with Gasteiger partial charge in [0, 0.05) is 32.4 Å². The Labute approximate surface area is 134 Å². The average Bonchev–Trinajstić information content (AvgIpc) is 3.33. The van der Waals surface area contributed by atoms with E-state index in [1.165, 1.54) is 0 Å². The highest BCUT2D eigenvalue weighted by Gasteiger charge is 2.46. The summed E-state index contributed by atoms with van der Waals surface area (Å²) < 4.78 is 1.97. The molecule has 1 amide bonds. The van der Waals surface area contributed by atoms with E-state index in [-0.39, 0.29) is 17.7 Å². The van der Waals surface area contributed by atoms with E-state index in [0.29, 0.717) is 5.95 Å². The zero-order valence-corrected chi connectivity index (χ0v) is 13.2. The van der Waals surface area contributed by atoms with Crippen LogP contribution in [0.2, 0.25) is 0 Å². The molecule has 0 bridgehead atoms. The minimum absolute atomic E-state index is 0.0315. The molecular weight excluding hydrogens is 288 g/mol. The molecule has 2 atom stereocenters. The molecule has 0 saturated heterocycles. The van der Waals surface area contributed by atoms with Gasteiger partial charge in [0.25, 0.3) is 0 Å². The van der Waals surface area contributed by atoms with Crippen LogP contribution in [0.4, 0.5) is 5.95 Å². The van der Waals surface area contributed by atoms with E-state index in [4.69, 9.17) is 0 Å². The first-order valence-electron chi connectivity index (χ1n) is 7.76. The lowest BCUT2D eigenvalue weighted by Crippen LogP contribution is -2.30. The third kappa shape index (κ3) is 2.29. The van der Waals surface area contributed by atoms with E-state index in [0.717, 1.165) is 23.0 Å². The number of hydrogen-bond donors (Lipinski definition) is 0. The minimum Gasteiger partial charge on any atom is -0.313 e. The van der Waals surface area contributed by atoms with Crippen molar-refractivity contribution >= 4 is 22.9 Å². The molecule has 1 aliphatic carbocycles. The van der Waals surface area contributed by atoms with Crippen molar-refractivity contribution in [2.24, 2.45) is 13.0 Å². The third-order valence-electron chi connectivity index (χ3n) is 4.61. The van der Waals surface area contributed by atoms with Crippen molar-refractivity contribution < 1.29 is 4.79 Å². The van der Waals surface area contributed by atoms with Gasteiger partial charge in [0.2, 0.25) is 11.9 Å². The molecule has 0 spiro atoms. The molecule has 5 heteroatoms. The van der Waals surface area contributed by atoms with Crippen LogP contribution in [-0.2, 0) is 11.8 Å². The van der Waals surface area contributed by atoms with E-state index >= 15 is 0 Å². The fourth-order valence-corrected chi connectivity index (χ4v) is 3.21. The van der Waals surface area contributed by atoms with Crippen molar-refractivity contribution in [3.8, 4) is 0 Å². The number of hydrogen-bond acceptors (Lipinski definition) is 3. The fraction of sp³-hybridized carbons (Fsp3) is 0.278. The summed E-state index contributed by atoms with van der Waals surface area (Å²) in [7, 11) is 3.75. The Hall–Kier alpha value is -2.69. The first-order valence-corrected chi connectivity index (χ1v) is 7.76. The predicted molar refractivity (Wildman–Crippen MR) is 89.2 cm³/mol. The monoisotopic (exact) mass is 306 g/mol. The van der Waals surface area contributed by atoms with Gasteiger partial charge < -0.3 is 4.57 Å². The highest BCUT2D eigenvalue weighted by atomic mass is 16.2. The quantitative estimate of drug-likeness (QED) is 0.747. The standard InChI is InChI=1S/C18H18N4O/c1-21-16-8-4-3-7-15(16)20-18(21)22(2)17(23)14-10-13(14)12-6-5-9-19-11-12/h3-9,11,13-14H,10H2,1-2H3/t13-,14+/m1/s1. The van der Waals surface area contributed by atoms with Gasteiger partial charge >= 0.3 is 0 Å². The average molecular weight is 306 g/mol. The van der Waals surface area contributed by atoms with Gasteiger partial charge in [0.05, 0.1) is 11.0 Å². The number of rotatable bonds is 3. The van der Waals surface area contributed by atoms with Crippen LogP contribution in [0, 0.1) is 5.92 Å². The molecule has 1 aliphatic rings. The van der Waals surface area contributed by atoms with E-state index in [1.807, 2.05) is 61.3 Å². The topological polar surface area (TPSA) is 51.0 Å². The molecule has 2 aromatic heterocycles. The van der Waals surface area contributed by atoms with Crippen LogP contribution in [0.15, 0.2) is 48.8 Å². The molecule has 116 valence electrons. The molecule has 0 aliphatic heterocycles. The van der Waals surface area contributed by atoms with Crippen LogP contribution in [0.25, 0.3) is 11.0 Å². The van der Waals surface area contributed by atoms with E-state index in [2.05, 4.69) is 9.97 Å². The molecular formula is C18H18N4O. The van der Waals surface area contributed by atoms with Gasteiger partial charge in [-0.3, -0.25) is 14.7 Å². The summed E-state index contributed by atoms with van der Waals surface area (Å²) in [5.74, 6) is 1.13. The summed E-state index contributed by atoms with van der Waals surface area (Å²) in [4.78, 5) is 23.2. The van der Waals surface area contributed by atoms with Crippen LogP contribution < -0.4 is 4.90 Å². The normalized spacial score (nSPS) is 19.7. The predicted octanol–water partition coefficient (Wildman–Crippen LogP) is 2.73. The Morgan fingerprint density at radius 3 is 2.83 bits per heavy atom. The Morgan fingerprint density at radius 2 is 2.09 bits per heavy atom. The lowest BCUT2D eigenvalue weighted by atomic mass is 10.1. The van der Waals surface area contributed by atoms with Crippen LogP contribution in [-0.4, -0.2) is 27.5 Å². The summed E-state index contributed by atoms with van der Waals surface area (Å²) in [6.45, 7) is 0. The molecule has 2 heterocycles. The first kappa shape index (κ1) is 13.9. The Balaban J connectivity index is 1.58. The number of benzene rings is 1. The SMILES string of the molecule is CN(C(=O)[C@H]1C[C@@H]1c1cccnc1)c1nc2ccccc2n1C. The summed E-state index contributed by atoms with van der Waals surface area (Å²) in [5.41, 5.74) is 3.08. The van der Waals surface area contributed by atoms with Crippen molar-refractivity contribution in [2.75, 3.05) is 11.9 Å². The second-order valence-corrected chi connectivity index (χ2v) is 6.09. The number of fused-ring (bicyclic) bond motifs is 1. The minimum atomic E-state index is 0.0315. The number of amides is 1.